The summed E-state index contributed by atoms with van der Waals surface area (Å²) in [6, 6.07) is 0. The van der Waals surface area contributed by atoms with E-state index in [2.05, 4.69) is 18.1 Å². The Balaban J connectivity index is 2.18. The average Bonchev–Trinajstić information content (AvgIpc) is 2.84. The third-order valence-electron chi connectivity index (χ3n) is 4.05. The molecule has 6 atom stereocenters. The van der Waals surface area contributed by atoms with Crippen LogP contribution in [0.4, 0.5) is 0 Å². The van der Waals surface area contributed by atoms with Gasteiger partial charge in [-0.1, -0.05) is 13.8 Å². The maximum atomic E-state index is 12.3. The van der Waals surface area contributed by atoms with Gasteiger partial charge in [0.2, 0.25) is 0 Å². The van der Waals surface area contributed by atoms with E-state index in [-0.39, 0.29) is 11.3 Å². The smallest absolute Gasteiger partial charge is 0.387 e. The second kappa shape index (κ2) is 9.68. The largest absolute Gasteiger partial charge is 0.490 e. The van der Waals surface area contributed by atoms with Crippen molar-refractivity contribution in [1.29, 1.82) is 0 Å². The zero-order chi connectivity index (χ0) is 24.6. The second-order valence-corrected chi connectivity index (χ2v) is 11.3. The van der Waals surface area contributed by atoms with Crippen LogP contribution in [0.5, 0.6) is 0 Å². The van der Waals surface area contributed by atoms with Crippen molar-refractivity contribution in [2.45, 2.75) is 44.2 Å². The molecule has 0 amide bonds. The third kappa shape index (κ3) is 6.98. The Bertz CT molecular complexity index is 1090. The van der Waals surface area contributed by atoms with Gasteiger partial charge in [0.25, 0.3) is 5.56 Å². The minimum Gasteiger partial charge on any atom is -0.387 e. The maximum Gasteiger partial charge on any atom is 0.490 e. The van der Waals surface area contributed by atoms with Crippen LogP contribution in [-0.4, -0.2) is 64.7 Å². The van der Waals surface area contributed by atoms with E-state index in [0.29, 0.717) is 0 Å². The number of hydrogen-bond donors (Lipinski definition) is 8. The zero-order valence-electron chi connectivity index (χ0n) is 16.3. The lowest BCUT2D eigenvalue weighted by molar-refractivity contribution is -0.0230. The molecule has 1 fully saturated rings. The van der Waals surface area contributed by atoms with Crippen LogP contribution in [-0.2, 0) is 31.6 Å². The predicted octanol–water partition coefficient (Wildman–Crippen LogP) is -1.31. The van der Waals surface area contributed by atoms with Gasteiger partial charge < -0.3 is 39.5 Å². The molecule has 1 aliphatic heterocycles. The summed E-state index contributed by atoms with van der Waals surface area (Å²) in [5, 5.41) is 20.5. The highest BCUT2D eigenvalue weighted by molar-refractivity contribution is 7.66. The van der Waals surface area contributed by atoms with Gasteiger partial charge in [-0.05, 0) is 5.92 Å². The summed E-state index contributed by atoms with van der Waals surface area (Å²) in [6.45, 7) is 2.20. The summed E-state index contributed by atoms with van der Waals surface area (Å²) in [5.74, 6) is -0.415. The minimum atomic E-state index is -5.75. The van der Waals surface area contributed by atoms with E-state index in [1.54, 1.807) is 13.8 Å². The van der Waals surface area contributed by atoms with Gasteiger partial charge in [0.05, 0.1) is 12.2 Å². The van der Waals surface area contributed by atoms with E-state index in [1.165, 1.54) is 0 Å². The number of H-pyrrole nitrogens is 2. The van der Waals surface area contributed by atoms with Crippen molar-refractivity contribution in [1.82, 2.24) is 9.97 Å². The Morgan fingerprint density at radius 3 is 2.09 bits per heavy atom. The molecule has 8 N–H and O–H groups in total. The van der Waals surface area contributed by atoms with Gasteiger partial charge in [-0.25, -0.2) is 18.5 Å². The van der Waals surface area contributed by atoms with Crippen LogP contribution < -0.4 is 11.2 Å². The van der Waals surface area contributed by atoms with Gasteiger partial charge in [0.15, 0.2) is 0 Å². The molecule has 0 spiro atoms. The molecule has 184 valence electrons. The van der Waals surface area contributed by atoms with Gasteiger partial charge in [0.1, 0.15) is 24.4 Å². The number of ether oxygens (including phenoxy) is 1. The Hall–Kier alpha value is -1.03. The molecule has 32 heavy (non-hydrogen) atoms. The quantitative estimate of drug-likeness (QED) is 0.173. The SMILES string of the molecule is CC(C)c1[nH]c(=O)[nH]c(=O)c1[C@@H]1O[C@H](COP(=O)(O)OP(=O)(O)OP(=O)(O)O)[C@@H](O)[C@H]1O. The van der Waals surface area contributed by atoms with Crippen molar-refractivity contribution in [3.8, 4) is 0 Å². The van der Waals surface area contributed by atoms with Crippen LogP contribution in [0.3, 0.4) is 0 Å². The lowest BCUT2D eigenvalue weighted by Crippen LogP contribution is -2.35. The first-order chi connectivity index (χ1) is 14.4. The van der Waals surface area contributed by atoms with Gasteiger partial charge >= 0.3 is 29.2 Å². The number of aromatic nitrogens is 2. The van der Waals surface area contributed by atoms with Crippen molar-refractivity contribution >= 4 is 23.5 Å². The highest BCUT2D eigenvalue weighted by Crippen LogP contribution is 2.66. The first kappa shape index (κ1) is 27.2. The van der Waals surface area contributed by atoms with Crippen molar-refractivity contribution in [2.75, 3.05) is 6.61 Å². The van der Waals surface area contributed by atoms with E-state index < -0.39 is 71.7 Å². The monoisotopic (exact) mass is 526 g/mol. The van der Waals surface area contributed by atoms with Gasteiger partial charge in [-0.15, -0.1) is 0 Å². The fourth-order valence-electron chi connectivity index (χ4n) is 2.85. The molecule has 1 aromatic rings. The summed E-state index contributed by atoms with van der Waals surface area (Å²) in [4.78, 5) is 63.7. The van der Waals surface area contributed by atoms with E-state index >= 15 is 0 Å². The molecular weight excluding hydrogens is 505 g/mol. The number of rotatable bonds is 9. The zero-order valence-corrected chi connectivity index (χ0v) is 19.0. The predicted molar refractivity (Wildman–Crippen MR) is 101 cm³/mol. The number of hydrogen-bond acceptors (Lipinski definition) is 11. The van der Waals surface area contributed by atoms with Gasteiger partial charge in [-0.3, -0.25) is 14.3 Å². The van der Waals surface area contributed by atoms with Crippen LogP contribution in [0.1, 0.15) is 37.1 Å². The highest BCUT2D eigenvalue weighted by Gasteiger charge is 2.47. The summed E-state index contributed by atoms with van der Waals surface area (Å²) in [7, 11) is -16.8. The molecule has 0 aromatic carbocycles. The molecule has 2 rings (SSSR count). The van der Waals surface area contributed by atoms with Crippen molar-refractivity contribution in [2.24, 2.45) is 0 Å². The first-order valence-corrected chi connectivity index (χ1v) is 13.1. The molecule has 0 radical (unpaired) electrons. The number of nitrogens with one attached hydrogen (secondary N) is 2. The molecule has 0 bridgehead atoms. The van der Waals surface area contributed by atoms with E-state index in [1.807, 2.05) is 4.98 Å². The average molecular weight is 526 g/mol. The molecule has 2 heterocycles. The number of aliphatic hydroxyl groups excluding tert-OH is 2. The van der Waals surface area contributed by atoms with Crippen molar-refractivity contribution in [3.63, 3.8) is 0 Å². The third-order valence-corrected chi connectivity index (χ3v) is 7.85. The molecular formula is C12H21N2O15P3. The normalized spacial score (nSPS) is 27.9. The van der Waals surface area contributed by atoms with Crippen LogP contribution in [0.25, 0.3) is 0 Å². The molecule has 0 aliphatic carbocycles. The van der Waals surface area contributed by atoms with E-state index in [4.69, 9.17) is 19.4 Å². The minimum absolute atomic E-state index is 0.100. The summed E-state index contributed by atoms with van der Waals surface area (Å²) in [5.41, 5.74) is -1.85. The Labute approximate surface area is 178 Å². The molecule has 1 aromatic heterocycles. The van der Waals surface area contributed by atoms with Gasteiger partial charge in [0, 0.05) is 5.69 Å². The topological polar surface area (TPSA) is 275 Å². The molecule has 1 saturated heterocycles. The van der Waals surface area contributed by atoms with E-state index in [0.717, 1.165) is 0 Å². The maximum absolute atomic E-state index is 12.3. The highest BCUT2D eigenvalue weighted by atomic mass is 31.3. The number of aliphatic hydroxyl groups is 2. The standard InChI is InChI=1S/C12H21N2O15P3/c1-4(2)7-6(11(17)14-12(18)13-7)10-9(16)8(15)5(27-10)3-26-31(22,23)29-32(24,25)28-30(19,20)21/h4-5,8-10,15-16H,3H2,1-2H3,(H,22,23)(H,24,25)(H2,19,20,21)(H2,13,14,17,18)/t5-,8-,9-,10+/m1/s1. The second-order valence-electron chi connectivity index (χ2n) is 6.85. The fourth-order valence-corrected chi connectivity index (χ4v) is 5.88. The first-order valence-electron chi connectivity index (χ1n) is 8.59. The lowest BCUT2D eigenvalue weighted by Gasteiger charge is -2.19. The number of phosphoric ester groups is 1. The lowest BCUT2D eigenvalue weighted by atomic mass is 9.96. The van der Waals surface area contributed by atoms with E-state index in [9.17, 15) is 38.4 Å². The Morgan fingerprint density at radius 2 is 1.56 bits per heavy atom. The van der Waals surface area contributed by atoms with Gasteiger partial charge in [-0.2, -0.15) is 8.62 Å². The fraction of sp³-hybridized carbons (Fsp3) is 0.667. The number of phosphoric acid groups is 3. The van der Waals surface area contributed by atoms with Crippen LogP contribution in [0.15, 0.2) is 9.59 Å². The van der Waals surface area contributed by atoms with Crippen molar-refractivity contribution in [3.05, 3.63) is 32.1 Å². The Kier molecular flexibility index (Phi) is 8.23. The molecule has 1 aliphatic rings. The summed E-state index contributed by atoms with van der Waals surface area (Å²) >= 11 is 0. The molecule has 17 nitrogen and oxygen atoms in total. The summed E-state index contributed by atoms with van der Waals surface area (Å²) < 4.78 is 50.6. The Morgan fingerprint density at radius 1 is 0.969 bits per heavy atom. The van der Waals surface area contributed by atoms with Crippen LogP contribution in [0, 0.1) is 0 Å². The van der Waals surface area contributed by atoms with Crippen molar-refractivity contribution < 1.29 is 61.4 Å². The van der Waals surface area contributed by atoms with Crippen LogP contribution >= 0.6 is 23.5 Å². The molecule has 2 unspecified atom stereocenters. The molecule has 20 heteroatoms. The summed E-state index contributed by atoms with van der Waals surface area (Å²) in [6.07, 6.45) is -6.63. The van der Waals surface area contributed by atoms with Crippen LogP contribution in [0.2, 0.25) is 0 Å². The molecule has 0 saturated carbocycles. The number of aromatic amines is 2.